The standard InChI is InChI=1S/C22H29N5O6SSi/c1-22(2,3)35(4,5)30-13-15-18(33-21(34)31-14-9-7-6-8-10-14)17(25-26-23)19(32-15)27-12-11-16(28)24-20(27)29/h6-12,15,17-19H,13H2,1-5H3,(H,24,28,29)/t15-,17-,18-,19-/m1/s1. The third kappa shape index (κ3) is 6.38. The molecule has 0 spiro atoms. The first-order valence-electron chi connectivity index (χ1n) is 11.0. The second kappa shape index (κ2) is 10.8. The Hall–Kier alpha value is -2.96. The van der Waals surface area contributed by atoms with Gasteiger partial charge in [-0.2, -0.15) is 0 Å². The topological polar surface area (TPSA) is 141 Å². The van der Waals surface area contributed by atoms with Crippen LogP contribution >= 0.6 is 12.2 Å². The number of aromatic amines is 1. The van der Waals surface area contributed by atoms with Gasteiger partial charge in [0.1, 0.15) is 24.0 Å². The van der Waals surface area contributed by atoms with Crippen LogP contribution in [0.15, 0.2) is 57.3 Å². The summed E-state index contributed by atoms with van der Waals surface area (Å²) in [6, 6.07) is 9.01. The van der Waals surface area contributed by atoms with Crippen molar-refractivity contribution in [3.05, 3.63) is 73.9 Å². The molecular weight excluding hydrogens is 490 g/mol. The van der Waals surface area contributed by atoms with Crippen LogP contribution in [0.1, 0.15) is 27.0 Å². The van der Waals surface area contributed by atoms with E-state index in [1.54, 1.807) is 24.3 Å². The first-order chi connectivity index (χ1) is 16.4. The van der Waals surface area contributed by atoms with Crippen LogP contribution in [0.5, 0.6) is 5.75 Å². The lowest BCUT2D eigenvalue weighted by Crippen LogP contribution is -2.45. The van der Waals surface area contributed by atoms with Gasteiger partial charge in [-0.15, -0.1) is 0 Å². The smallest absolute Gasteiger partial charge is 0.358 e. The van der Waals surface area contributed by atoms with Gasteiger partial charge in [0.25, 0.3) is 5.56 Å². The SMILES string of the molecule is CC(C)(C)[Si](C)(C)OC[C@H]1O[C@@H](n2ccc(=O)[nH]c2=O)[C@H](N=[N+]=[N-])[C@@H]1OC(=S)Oc1ccccc1. The Morgan fingerprint density at radius 3 is 2.54 bits per heavy atom. The fourth-order valence-electron chi connectivity index (χ4n) is 3.27. The molecule has 1 N–H and O–H groups in total. The molecule has 13 heteroatoms. The summed E-state index contributed by atoms with van der Waals surface area (Å²) in [5.74, 6) is 0.472. The van der Waals surface area contributed by atoms with Crippen LogP contribution in [0, 0.1) is 0 Å². The van der Waals surface area contributed by atoms with Crippen LogP contribution in [0.2, 0.25) is 18.1 Å². The first-order valence-corrected chi connectivity index (χ1v) is 14.3. The van der Waals surface area contributed by atoms with Gasteiger partial charge in [0.05, 0.1) is 6.61 Å². The first kappa shape index (κ1) is 26.6. The van der Waals surface area contributed by atoms with Gasteiger partial charge in [-0.1, -0.05) is 44.1 Å². The zero-order chi connectivity index (χ0) is 25.8. The van der Waals surface area contributed by atoms with E-state index in [1.807, 2.05) is 6.07 Å². The highest BCUT2D eigenvalue weighted by Crippen LogP contribution is 2.39. The van der Waals surface area contributed by atoms with E-state index in [1.165, 1.54) is 12.3 Å². The highest BCUT2D eigenvalue weighted by molar-refractivity contribution is 7.79. The molecule has 0 amide bonds. The number of ether oxygens (including phenoxy) is 3. The lowest BCUT2D eigenvalue weighted by Gasteiger charge is -2.37. The molecule has 1 aliphatic rings. The molecule has 1 aromatic carbocycles. The minimum Gasteiger partial charge on any atom is -0.450 e. The number of hydrogen-bond donors (Lipinski definition) is 1. The fraction of sp³-hybridized carbons (Fsp3) is 0.500. The summed E-state index contributed by atoms with van der Waals surface area (Å²) in [5, 5.41) is 3.59. The molecule has 1 saturated heterocycles. The predicted octanol–water partition coefficient (Wildman–Crippen LogP) is 3.88. The van der Waals surface area contributed by atoms with Crippen LogP contribution in [0.4, 0.5) is 0 Å². The molecule has 0 bridgehead atoms. The van der Waals surface area contributed by atoms with Crippen LogP contribution in [-0.2, 0) is 13.9 Å². The summed E-state index contributed by atoms with van der Waals surface area (Å²) in [6.07, 6.45) is -1.46. The molecular formula is C22H29N5O6SSi. The van der Waals surface area contributed by atoms with Crippen LogP contribution in [0.25, 0.3) is 10.4 Å². The highest BCUT2D eigenvalue weighted by atomic mass is 32.1. The summed E-state index contributed by atoms with van der Waals surface area (Å²) in [6.45, 7) is 10.6. The predicted molar refractivity (Wildman–Crippen MR) is 136 cm³/mol. The minimum absolute atomic E-state index is 0.0624. The number of H-pyrrole nitrogens is 1. The molecule has 1 aliphatic heterocycles. The van der Waals surface area contributed by atoms with Crippen LogP contribution < -0.4 is 16.0 Å². The maximum atomic E-state index is 12.5. The Bertz CT molecular complexity index is 1210. The summed E-state index contributed by atoms with van der Waals surface area (Å²) >= 11 is 5.29. The van der Waals surface area contributed by atoms with Gasteiger partial charge in [0.15, 0.2) is 14.5 Å². The molecule has 35 heavy (non-hydrogen) atoms. The molecule has 0 unspecified atom stereocenters. The van der Waals surface area contributed by atoms with Gasteiger partial charge in [0.2, 0.25) is 0 Å². The average Bonchev–Trinajstić information content (AvgIpc) is 3.09. The molecule has 1 fully saturated rings. The molecule has 1 aromatic heterocycles. The van der Waals surface area contributed by atoms with Crippen molar-refractivity contribution >= 4 is 25.8 Å². The Morgan fingerprint density at radius 2 is 1.94 bits per heavy atom. The number of azide groups is 1. The van der Waals surface area contributed by atoms with E-state index < -0.39 is 44.0 Å². The number of thiocarbonyl (C=S) groups is 1. The van der Waals surface area contributed by atoms with Crippen molar-refractivity contribution in [1.82, 2.24) is 9.55 Å². The summed E-state index contributed by atoms with van der Waals surface area (Å²) in [7, 11) is -2.18. The largest absolute Gasteiger partial charge is 0.450 e. The monoisotopic (exact) mass is 519 g/mol. The van der Waals surface area contributed by atoms with E-state index in [0.29, 0.717) is 5.75 Å². The van der Waals surface area contributed by atoms with Crippen molar-refractivity contribution < 1.29 is 18.6 Å². The third-order valence-electron chi connectivity index (χ3n) is 6.21. The van der Waals surface area contributed by atoms with Crippen molar-refractivity contribution in [3.63, 3.8) is 0 Å². The van der Waals surface area contributed by atoms with E-state index in [2.05, 4.69) is 48.9 Å². The number of nitrogens with zero attached hydrogens (tertiary/aromatic N) is 4. The van der Waals surface area contributed by atoms with Crippen LogP contribution in [-0.4, -0.2) is 48.0 Å². The van der Waals surface area contributed by atoms with Gasteiger partial charge in [0, 0.05) is 29.4 Å². The lowest BCUT2D eigenvalue weighted by molar-refractivity contribution is -0.0435. The highest BCUT2D eigenvalue weighted by Gasteiger charge is 2.49. The minimum atomic E-state index is -2.18. The zero-order valence-corrected chi connectivity index (χ0v) is 22.0. The van der Waals surface area contributed by atoms with Gasteiger partial charge in [-0.25, -0.2) is 4.79 Å². The molecule has 0 radical (unpaired) electrons. The van der Waals surface area contributed by atoms with Gasteiger partial charge in [-0.3, -0.25) is 14.3 Å². The fourth-order valence-corrected chi connectivity index (χ4v) is 4.49. The number of benzene rings is 1. The Morgan fingerprint density at radius 1 is 1.26 bits per heavy atom. The quantitative estimate of drug-likeness (QED) is 0.192. The molecule has 0 saturated carbocycles. The molecule has 11 nitrogen and oxygen atoms in total. The summed E-state index contributed by atoms with van der Waals surface area (Å²) in [5.41, 5.74) is 7.98. The van der Waals surface area contributed by atoms with Crippen molar-refractivity contribution in [2.45, 2.75) is 63.4 Å². The number of para-hydroxylation sites is 1. The summed E-state index contributed by atoms with van der Waals surface area (Å²) < 4.78 is 25.1. The van der Waals surface area contributed by atoms with Crippen molar-refractivity contribution in [3.8, 4) is 5.75 Å². The maximum absolute atomic E-state index is 12.5. The van der Waals surface area contributed by atoms with Gasteiger partial charge >= 0.3 is 10.9 Å². The van der Waals surface area contributed by atoms with E-state index in [9.17, 15) is 15.1 Å². The Labute approximate surface area is 208 Å². The lowest BCUT2D eigenvalue weighted by atomic mass is 10.1. The van der Waals surface area contributed by atoms with Crippen molar-refractivity contribution in [2.24, 2.45) is 5.11 Å². The van der Waals surface area contributed by atoms with Crippen molar-refractivity contribution in [1.29, 1.82) is 0 Å². The van der Waals surface area contributed by atoms with Crippen LogP contribution in [0.3, 0.4) is 0 Å². The number of rotatable bonds is 7. The van der Waals surface area contributed by atoms with Gasteiger partial charge < -0.3 is 18.6 Å². The maximum Gasteiger partial charge on any atom is 0.358 e. The summed E-state index contributed by atoms with van der Waals surface area (Å²) in [4.78, 5) is 29.1. The normalized spacial score (nSPS) is 22.3. The van der Waals surface area contributed by atoms with E-state index in [-0.39, 0.29) is 16.9 Å². The average molecular weight is 520 g/mol. The second-order valence-electron chi connectivity index (χ2n) is 9.60. The van der Waals surface area contributed by atoms with E-state index >= 15 is 0 Å². The number of hydrogen-bond acceptors (Lipinski definition) is 8. The zero-order valence-electron chi connectivity index (χ0n) is 20.2. The molecule has 2 aromatic rings. The van der Waals surface area contributed by atoms with Gasteiger partial charge in [-0.05, 0) is 35.8 Å². The number of nitrogens with one attached hydrogen (secondary N) is 1. The molecule has 3 rings (SSSR count). The molecule has 188 valence electrons. The van der Waals surface area contributed by atoms with E-state index in [4.69, 9.17) is 30.9 Å². The van der Waals surface area contributed by atoms with E-state index in [0.717, 1.165) is 4.57 Å². The Balaban J connectivity index is 1.92. The number of aromatic nitrogens is 2. The molecule has 0 aliphatic carbocycles. The third-order valence-corrected chi connectivity index (χ3v) is 10.9. The van der Waals surface area contributed by atoms with Crippen molar-refractivity contribution in [2.75, 3.05) is 6.61 Å². The molecule has 2 heterocycles. The Kier molecular flexibility index (Phi) is 8.18. The second-order valence-corrected chi connectivity index (χ2v) is 14.7. The molecule has 4 atom stereocenters.